The fourth-order valence-electron chi connectivity index (χ4n) is 2.86. The summed E-state index contributed by atoms with van der Waals surface area (Å²) in [6, 6.07) is 4.60. The lowest BCUT2D eigenvalue weighted by atomic mass is 10.1. The van der Waals surface area contributed by atoms with E-state index in [2.05, 4.69) is 23.7 Å². The van der Waals surface area contributed by atoms with Gasteiger partial charge in [0.05, 0.1) is 11.4 Å². The molecule has 0 radical (unpaired) electrons. The van der Waals surface area contributed by atoms with Gasteiger partial charge in [-0.2, -0.15) is 0 Å². The molecule has 0 aliphatic heterocycles. The normalized spacial score (nSPS) is 16.6. The smallest absolute Gasteiger partial charge is 0.0772 e. The van der Waals surface area contributed by atoms with Crippen molar-refractivity contribution >= 4 is 5.69 Å². The van der Waals surface area contributed by atoms with Gasteiger partial charge in [0.25, 0.3) is 0 Å². The van der Waals surface area contributed by atoms with Crippen LogP contribution in [0.15, 0.2) is 18.3 Å². The highest BCUT2D eigenvalue weighted by Crippen LogP contribution is 2.26. The summed E-state index contributed by atoms with van der Waals surface area (Å²) in [7, 11) is 0. The van der Waals surface area contributed by atoms with Crippen molar-refractivity contribution in [1.82, 2.24) is 9.88 Å². The molecule has 0 aromatic carbocycles. The molecule has 1 fully saturated rings. The highest BCUT2D eigenvalue weighted by molar-refractivity contribution is 5.41. The van der Waals surface area contributed by atoms with Gasteiger partial charge in [0, 0.05) is 18.8 Å². The molecule has 1 aliphatic carbocycles. The number of pyridine rings is 1. The van der Waals surface area contributed by atoms with Crippen LogP contribution in [0.5, 0.6) is 0 Å². The van der Waals surface area contributed by atoms with Crippen molar-refractivity contribution in [3.8, 4) is 0 Å². The van der Waals surface area contributed by atoms with E-state index in [9.17, 15) is 0 Å². The van der Waals surface area contributed by atoms with Crippen molar-refractivity contribution in [2.45, 2.75) is 58.5 Å². The molecule has 0 unspecified atom stereocenters. The average Bonchev–Trinajstić information content (AvgIpc) is 2.90. The molecule has 3 heteroatoms. The van der Waals surface area contributed by atoms with Gasteiger partial charge < -0.3 is 5.73 Å². The van der Waals surface area contributed by atoms with E-state index in [1.807, 2.05) is 18.3 Å². The number of nitrogens with two attached hydrogens (primary N) is 1. The van der Waals surface area contributed by atoms with Gasteiger partial charge in [-0.1, -0.05) is 26.7 Å². The Bertz CT molecular complexity index is 383. The summed E-state index contributed by atoms with van der Waals surface area (Å²) in [5.41, 5.74) is 7.90. The zero-order valence-corrected chi connectivity index (χ0v) is 12.3. The third-order valence-corrected chi connectivity index (χ3v) is 4.11. The minimum absolute atomic E-state index is 0.736. The molecule has 1 aliphatic rings. The first-order valence-electron chi connectivity index (χ1n) is 7.60. The molecule has 19 heavy (non-hydrogen) atoms. The highest BCUT2D eigenvalue weighted by atomic mass is 15.2. The second kappa shape index (κ2) is 6.90. The summed E-state index contributed by atoms with van der Waals surface area (Å²) in [6.45, 7) is 6.66. The Morgan fingerprint density at radius 2 is 2.11 bits per heavy atom. The molecule has 1 aromatic heterocycles. The van der Waals surface area contributed by atoms with Crippen molar-refractivity contribution in [3.63, 3.8) is 0 Å². The summed E-state index contributed by atoms with van der Waals surface area (Å²) in [5, 5.41) is 0. The van der Waals surface area contributed by atoms with E-state index < -0.39 is 0 Å². The van der Waals surface area contributed by atoms with E-state index in [1.54, 1.807) is 0 Å². The van der Waals surface area contributed by atoms with Crippen molar-refractivity contribution in [2.24, 2.45) is 5.92 Å². The molecule has 1 heterocycles. The topological polar surface area (TPSA) is 42.2 Å². The van der Waals surface area contributed by atoms with Crippen molar-refractivity contribution < 1.29 is 0 Å². The van der Waals surface area contributed by atoms with Crippen molar-refractivity contribution in [3.05, 3.63) is 24.0 Å². The van der Waals surface area contributed by atoms with Crippen molar-refractivity contribution in [1.29, 1.82) is 0 Å². The molecular weight excluding hydrogens is 234 g/mol. The number of hydrogen-bond donors (Lipinski definition) is 1. The first-order chi connectivity index (χ1) is 9.16. The molecular formula is C16H27N3. The number of hydrogen-bond acceptors (Lipinski definition) is 3. The van der Waals surface area contributed by atoms with Gasteiger partial charge in [0.1, 0.15) is 0 Å². The van der Waals surface area contributed by atoms with Crippen LogP contribution in [0.25, 0.3) is 0 Å². The van der Waals surface area contributed by atoms with E-state index in [0.717, 1.165) is 29.9 Å². The molecule has 0 spiro atoms. The fourth-order valence-corrected chi connectivity index (χ4v) is 2.86. The van der Waals surface area contributed by atoms with Gasteiger partial charge in [-0.15, -0.1) is 0 Å². The molecule has 1 saturated carbocycles. The highest BCUT2D eigenvalue weighted by Gasteiger charge is 2.23. The molecule has 106 valence electrons. The summed E-state index contributed by atoms with van der Waals surface area (Å²) in [4.78, 5) is 7.05. The number of aromatic nitrogens is 1. The number of nitrogens with zero attached hydrogens (tertiary/aromatic N) is 2. The van der Waals surface area contributed by atoms with E-state index >= 15 is 0 Å². The largest absolute Gasteiger partial charge is 0.397 e. The van der Waals surface area contributed by atoms with Gasteiger partial charge in [0.15, 0.2) is 0 Å². The van der Waals surface area contributed by atoms with Crippen LogP contribution in [0.4, 0.5) is 5.69 Å². The summed E-state index contributed by atoms with van der Waals surface area (Å²) >= 11 is 0. The average molecular weight is 261 g/mol. The zero-order chi connectivity index (χ0) is 13.7. The van der Waals surface area contributed by atoms with Gasteiger partial charge in [-0.25, -0.2) is 0 Å². The van der Waals surface area contributed by atoms with Gasteiger partial charge >= 0.3 is 0 Å². The number of rotatable bonds is 6. The van der Waals surface area contributed by atoms with Crippen LogP contribution < -0.4 is 5.73 Å². The first-order valence-corrected chi connectivity index (χ1v) is 7.60. The Hall–Kier alpha value is -1.09. The standard InChI is InChI=1S/C16H27N3/c1-13(2)9-11-19(14-6-3-4-7-14)12-16-15(17)8-5-10-18-16/h5,8,10,13-14H,3-4,6-7,9,11-12,17H2,1-2H3. The van der Waals surface area contributed by atoms with Crippen LogP contribution in [0.1, 0.15) is 51.6 Å². The Labute approximate surface area is 117 Å². The molecule has 2 rings (SSSR count). The van der Waals surface area contributed by atoms with Crippen LogP contribution in [0.3, 0.4) is 0 Å². The van der Waals surface area contributed by atoms with Gasteiger partial charge in [-0.3, -0.25) is 9.88 Å². The third-order valence-electron chi connectivity index (χ3n) is 4.11. The Kier molecular flexibility index (Phi) is 5.20. The lowest BCUT2D eigenvalue weighted by molar-refractivity contribution is 0.178. The van der Waals surface area contributed by atoms with E-state index in [1.165, 1.54) is 38.6 Å². The predicted molar refractivity (Wildman–Crippen MR) is 80.8 cm³/mol. The molecule has 0 atom stereocenters. The summed E-state index contributed by atoms with van der Waals surface area (Å²) in [6.07, 6.45) is 8.53. The third kappa shape index (κ3) is 4.20. The Balaban J connectivity index is 2.02. The maximum atomic E-state index is 6.03. The van der Waals surface area contributed by atoms with Crippen LogP contribution in [0.2, 0.25) is 0 Å². The van der Waals surface area contributed by atoms with Crippen LogP contribution in [-0.4, -0.2) is 22.5 Å². The maximum Gasteiger partial charge on any atom is 0.0772 e. The maximum absolute atomic E-state index is 6.03. The first kappa shape index (κ1) is 14.3. The fraction of sp³-hybridized carbons (Fsp3) is 0.688. The monoisotopic (exact) mass is 261 g/mol. The SMILES string of the molecule is CC(C)CCN(Cc1ncccc1N)C1CCCC1. The lowest BCUT2D eigenvalue weighted by Crippen LogP contribution is -2.34. The van der Waals surface area contributed by atoms with Gasteiger partial charge in [-0.05, 0) is 43.9 Å². The van der Waals surface area contributed by atoms with E-state index in [-0.39, 0.29) is 0 Å². The lowest BCUT2D eigenvalue weighted by Gasteiger charge is -2.29. The van der Waals surface area contributed by atoms with Crippen molar-refractivity contribution in [2.75, 3.05) is 12.3 Å². The van der Waals surface area contributed by atoms with Gasteiger partial charge in [0.2, 0.25) is 0 Å². The summed E-state index contributed by atoms with van der Waals surface area (Å²) < 4.78 is 0. The summed E-state index contributed by atoms with van der Waals surface area (Å²) in [5.74, 6) is 0.755. The second-order valence-electron chi connectivity index (χ2n) is 6.13. The minimum atomic E-state index is 0.736. The molecule has 0 amide bonds. The molecule has 2 N–H and O–H groups in total. The molecule has 0 bridgehead atoms. The molecule has 1 aromatic rings. The van der Waals surface area contributed by atoms with Crippen LogP contribution >= 0.6 is 0 Å². The van der Waals surface area contributed by atoms with Crippen LogP contribution in [0, 0.1) is 5.92 Å². The van der Waals surface area contributed by atoms with E-state index in [4.69, 9.17) is 5.73 Å². The Morgan fingerprint density at radius 1 is 1.37 bits per heavy atom. The molecule has 3 nitrogen and oxygen atoms in total. The Morgan fingerprint density at radius 3 is 2.74 bits per heavy atom. The number of anilines is 1. The second-order valence-corrected chi connectivity index (χ2v) is 6.13. The predicted octanol–water partition coefficient (Wildman–Crippen LogP) is 3.45. The van der Waals surface area contributed by atoms with E-state index in [0.29, 0.717) is 0 Å². The number of nitrogen functional groups attached to an aromatic ring is 1. The molecule has 0 saturated heterocycles. The quantitative estimate of drug-likeness (QED) is 0.852. The van der Waals surface area contributed by atoms with Crippen LogP contribution in [-0.2, 0) is 6.54 Å². The minimum Gasteiger partial charge on any atom is -0.397 e. The zero-order valence-electron chi connectivity index (χ0n) is 12.3.